The first-order chi connectivity index (χ1) is 9.77. The molecule has 0 aromatic heterocycles. The average molecular weight is 358 g/mol. The predicted octanol–water partition coefficient (Wildman–Crippen LogP) is 5.95. The van der Waals surface area contributed by atoms with Gasteiger partial charge in [-0.15, -0.1) is 0 Å². The highest BCUT2D eigenvalue weighted by Crippen LogP contribution is 2.33. The zero-order valence-electron chi connectivity index (χ0n) is 11.6. The highest BCUT2D eigenvalue weighted by Gasteiger charge is 2.30. The summed E-state index contributed by atoms with van der Waals surface area (Å²) in [5.41, 5.74) is 1.65. The summed E-state index contributed by atoms with van der Waals surface area (Å²) in [7, 11) is 0. The normalized spacial score (nSPS) is 13.0. The van der Waals surface area contributed by atoms with Crippen molar-refractivity contribution in [2.45, 2.75) is 26.1 Å². The SMILES string of the molecule is Cc1ccc(C(F)(F)F)cc1NC(C)c1ccc(Br)cc1. The second-order valence-electron chi connectivity index (χ2n) is 4.95. The van der Waals surface area contributed by atoms with Crippen LogP contribution in [0, 0.1) is 6.92 Å². The molecule has 0 bridgehead atoms. The van der Waals surface area contributed by atoms with E-state index in [-0.39, 0.29) is 6.04 Å². The monoisotopic (exact) mass is 357 g/mol. The maximum atomic E-state index is 12.8. The Morgan fingerprint density at radius 1 is 1.05 bits per heavy atom. The van der Waals surface area contributed by atoms with Crippen LogP contribution in [0.2, 0.25) is 0 Å². The van der Waals surface area contributed by atoms with Crippen LogP contribution in [0.1, 0.15) is 29.7 Å². The number of nitrogens with one attached hydrogen (secondary N) is 1. The minimum absolute atomic E-state index is 0.0831. The van der Waals surface area contributed by atoms with Crippen LogP contribution in [-0.2, 0) is 6.18 Å². The van der Waals surface area contributed by atoms with Crippen molar-refractivity contribution in [3.8, 4) is 0 Å². The Kier molecular flexibility index (Phi) is 4.61. The van der Waals surface area contributed by atoms with Gasteiger partial charge in [0.05, 0.1) is 5.56 Å². The lowest BCUT2D eigenvalue weighted by atomic mass is 10.1. The highest BCUT2D eigenvalue weighted by molar-refractivity contribution is 9.10. The number of alkyl halides is 3. The van der Waals surface area contributed by atoms with Crippen molar-refractivity contribution in [2.75, 3.05) is 5.32 Å². The fourth-order valence-corrected chi connectivity index (χ4v) is 2.29. The zero-order chi connectivity index (χ0) is 15.6. The van der Waals surface area contributed by atoms with Gasteiger partial charge < -0.3 is 5.32 Å². The van der Waals surface area contributed by atoms with Gasteiger partial charge in [-0.3, -0.25) is 0 Å². The van der Waals surface area contributed by atoms with E-state index in [2.05, 4.69) is 21.2 Å². The number of anilines is 1. The molecule has 1 atom stereocenters. The molecule has 2 rings (SSSR count). The molecule has 21 heavy (non-hydrogen) atoms. The van der Waals surface area contributed by atoms with Crippen LogP contribution >= 0.6 is 15.9 Å². The minimum atomic E-state index is -4.33. The highest BCUT2D eigenvalue weighted by atomic mass is 79.9. The topological polar surface area (TPSA) is 12.0 Å². The van der Waals surface area contributed by atoms with E-state index in [0.717, 1.165) is 27.7 Å². The van der Waals surface area contributed by atoms with Gasteiger partial charge in [-0.25, -0.2) is 0 Å². The first-order valence-electron chi connectivity index (χ1n) is 6.47. The summed E-state index contributed by atoms with van der Waals surface area (Å²) in [5, 5.41) is 3.14. The Labute approximate surface area is 130 Å². The van der Waals surface area contributed by atoms with Gasteiger partial charge in [0.25, 0.3) is 0 Å². The van der Waals surface area contributed by atoms with Crippen molar-refractivity contribution in [3.05, 3.63) is 63.6 Å². The largest absolute Gasteiger partial charge is 0.416 e. The van der Waals surface area contributed by atoms with E-state index in [1.165, 1.54) is 6.07 Å². The molecule has 0 saturated heterocycles. The van der Waals surface area contributed by atoms with E-state index in [9.17, 15) is 13.2 Å². The molecule has 1 nitrogen and oxygen atoms in total. The van der Waals surface area contributed by atoms with Crippen LogP contribution in [0.15, 0.2) is 46.9 Å². The van der Waals surface area contributed by atoms with Gasteiger partial charge in [0.2, 0.25) is 0 Å². The van der Waals surface area contributed by atoms with Crippen LogP contribution in [0.4, 0.5) is 18.9 Å². The molecular weight excluding hydrogens is 343 g/mol. The molecule has 0 heterocycles. The molecular formula is C16H15BrF3N. The van der Waals surface area contributed by atoms with Gasteiger partial charge in [-0.1, -0.05) is 34.1 Å². The van der Waals surface area contributed by atoms with Crippen molar-refractivity contribution in [1.82, 2.24) is 0 Å². The molecule has 0 spiro atoms. The predicted molar refractivity (Wildman–Crippen MR) is 82.4 cm³/mol. The lowest BCUT2D eigenvalue weighted by Crippen LogP contribution is -2.10. The second kappa shape index (κ2) is 6.10. The Balaban J connectivity index is 2.24. The van der Waals surface area contributed by atoms with Crippen LogP contribution in [-0.4, -0.2) is 0 Å². The van der Waals surface area contributed by atoms with Crippen molar-refractivity contribution in [2.24, 2.45) is 0 Å². The van der Waals surface area contributed by atoms with E-state index >= 15 is 0 Å². The summed E-state index contributed by atoms with van der Waals surface area (Å²) in [6.07, 6.45) is -4.33. The van der Waals surface area contributed by atoms with Crippen LogP contribution in [0.3, 0.4) is 0 Å². The van der Waals surface area contributed by atoms with Gasteiger partial charge in [0.15, 0.2) is 0 Å². The number of hydrogen-bond donors (Lipinski definition) is 1. The first kappa shape index (κ1) is 15.9. The van der Waals surface area contributed by atoms with Gasteiger partial charge in [0.1, 0.15) is 0 Å². The van der Waals surface area contributed by atoms with E-state index in [1.54, 1.807) is 6.92 Å². The number of benzene rings is 2. The van der Waals surface area contributed by atoms with E-state index < -0.39 is 11.7 Å². The molecule has 0 aliphatic heterocycles. The third kappa shape index (κ3) is 4.00. The molecule has 0 saturated carbocycles. The third-order valence-corrected chi connectivity index (χ3v) is 3.84. The Morgan fingerprint density at radius 2 is 1.67 bits per heavy atom. The van der Waals surface area contributed by atoms with Gasteiger partial charge in [0, 0.05) is 16.2 Å². The zero-order valence-corrected chi connectivity index (χ0v) is 13.2. The Bertz CT molecular complexity index is 620. The van der Waals surface area contributed by atoms with Crippen molar-refractivity contribution in [1.29, 1.82) is 0 Å². The molecule has 0 fully saturated rings. The number of hydrogen-bond acceptors (Lipinski definition) is 1. The van der Waals surface area contributed by atoms with Crippen LogP contribution in [0.5, 0.6) is 0 Å². The molecule has 0 amide bonds. The van der Waals surface area contributed by atoms with Crippen molar-refractivity contribution in [3.63, 3.8) is 0 Å². The molecule has 1 unspecified atom stereocenters. The van der Waals surface area contributed by atoms with Gasteiger partial charge in [-0.05, 0) is 49.2 Å². The van der Waals surface area contributed by atoms with E-state index in [1.807, 2.05) is 31.2 Å². The average Bonchev–Trinajstić information content (AvgIpc) is 2.40. The van der Waals surface area contributed by atoms with E-state index in [0.29, 0.717) is 5.69 Å². The van der Waals surface area contributed by atoms with Crippen LogP contribution in [0.25, 0.3) is 0 Å². The molecule has 112 valence electrons. The van der Waals surface area contributed by atoms with Gasteiger partial charge >= 0.3 is 6.18 Å². The molecule has 0 radical (unpaired) electrons. The first-order valence-corrected chi connectivity index (χ1v) is 7.26. The molecule has 0 aliphatic carbocycles. The maximum absolute atomic E-state index is 12.8. The minimum Gasteiger partial charge on any atom is -0.378 e. The summed E-state index contributed by atoms with van der Waals surface area (Å²) in [6, 6.07) is 11.4. The molecule has 2 aromatic carbocycles. The summed E-state index contributed by atoms with van der Waals surface area (Å²) in [5.74, 6) is 0. The second-order valence-corrected chi connectivity index (χ2v) is 5.86. The quantitative estimate of drug-likeness (QED) is 0.715. The smallest absolute Gasteiger partial charge is 0.378 e. The summed E-state index contributed by atoms with van der Waals surface area (Å²) in [6.45, 7) is 3.71. The van der Waals surface area contributed by atoms with Crippen molar-refractivity contribution >= 4 is 21.6 Å². The number of rotatable bonds is 3. The standard InChI is InChI=1S/C16H15BrF3N/c1-10-3-6-13(16(18,19)20)9-15(10)21-11(2)12-4-7-14(17)8-5-12/h3-9,11,21H,1-2H3. The fraction of sp³-hybridized carbons (Fsp3) is 0.250. The lowest BCUT2D eigenvalue weighted by Gasteiger charge is -2.19. The summed E-state index contributed by atoms with van der Waals surface area (Å²) < 4.78 is 39.3. The Morgan fingerprint density at radius 3 is 2.24 bits per heavy atom. The molecule has 5 heteroatoms. The summed E-state index contributed by atoms with van der Waals surface area (Å²) >= 11 is 3.36. The van der Waals surface area contributed by atoms with Crippen molar-refractivity contribution < 1.29 is 13.2 Å². The molecule has 2 aromatic rings. The van der Waals surface area contributed by atoms with E-state index in [4.69, 9.17) is 0 Å². The molecule has 1 N–H and O–H groups in total. The fourth-order valence-electron chi connectivity index (χ4n) is 2.02. The number of halogens is 4. The van der Waals surface area contributed by atoms with Crippen LogP contribution < -0.4 is 5.32 Å². The summed E-state index contributed by atoms with van der Waals surface area (Å²) in [4.78, 5) is 0. The Hall–Kier alpha value is -1.49. The number of aryl methyl sites for hydroxylation is 1. The maximum Gasteiger partial charge on any atom is 0.416 e. The third-order valence-electron chi connectivity index (χ3n) is 3.31. The lowest BCUT2D eigenvalue weighted by molar-refractivity contribution is -0.137. The van der Waals surface area contributed by atoms with Gasteiger partial charge in [-0.2, -0.15) is 13.2 Å². The molecule has 0 aliphatic rings.